The van der Waals surface area contributed by atoms with Gasteiger partial charge < -0.3 is 10.6 Å². The first-order chi connectivity index (χ1) is 14.5. The minimum Gasteiger partial charge on any atom is -0.352 e. The van der Waals surface area contributed by atoms with Crippen LogP contribution in [0.4, 0.5) is 18.9 Å². The molecule has 0 fully saturated rings. The molecule has 0 saturated heterocycles. The van der Waals surface area contributed by atoms with E-state index in [1.54, 1.807) is 12.1 Å². The highest BCUT2D eigenvalue weighted by Gasteiger charge is 2.34. The van der Waals surface area contributed by atoms with Gasteiger partial charge >= 0.3 is 6.18 Å². The van der Waals surface area contributed by atoms with Crippen LogP contribution in [0.25, 0.3) is 0 Å². The predicted octanol–water partition coefficient (Wildman–Crippen LogP) is 2.73. The molecule has 0 aliphatic carbocycles. The standard InChI is InChI=1S/C19H18F3N3O4S2/c1-23-31(28,29)13-5-2-11(3-6-13)10-24-17(26)9-16-18(27)25-14-8-12(19(20,21)22)4-7-15(14)30-16/h2-8,16,23H,9-10H2,1H3,(H,24,26)(H,25,27). The van der Waals surface area contributed by atoms with Crippen LogP contribution in [0.5, 0.6) is 0 Å². The van der Waals surface area contributed by atoms with E-state index in [2.05, 4.69) is 15.4 Å². The van der Waals surface area contributed by atoms with Crippen LogP contribution in [0.2, 0.25) is 0 Å². The molecule has 7 nitrogen and oxygen atoms in total. The molecule has 0 aromatic heterocycles. The molecule has 1 atom stereocenters. The number of nitrogens with one attached hydrogen (secondary N) is 3. The molecule has 0 spiro atoms. The molecule has 31 heavy (non-hydrogen) atoms. The largest absolute Gasteiger partial charge is 0.416 e. The first-order valence-electron chi connectivity index (χ1n) is 8.97. The molecular weight excluding hydrogens is 455 g/mol. The van der Waals surface area contributed by atoms with Crippen LogP contribution in [-0.2, 0) is 32.3 Å². The first kappa shape index (κ1) is 23.1. The number of halogens is 3. The normalized spacial score (nSPS) is 16.4. The summed E-state index contributed by atoms with van der Waals surface area (Å²) in [4.78, 5) is 25.0. The zero-order valence-electron chi connectivity index (χ0n) is 16.1. The van der Waals surface area contributed by atoms with Crippen molar-refractivity contribution in [2.45, 2.75) is 34.2 Å². The van der Waals surface area contributed by atoms with Crippen LogP contribution in [0.1, 0.15) is 17.5 Å². The molecule has 12 heteroatoms. The van der Waals surface area contributed by atoms with Crippen LogP contribution < -0.4 is 15.4 Å². The van der Waals surface area contributed by atoms with Crippen molar-refractivity contribution >= 4 is 39.3 Å². The molecule has 0 bridgehead atoms. The summed E-state index contributed by atoms with van der Waals surface area (Å²) in [7, 11) is -2.25. The highest BCUT2D eigenvalue weighted by molar-refractivity contribution is 8.01. The van der Waals surface area contributed by atoms with Crippen molar-refractivity contribution in [2.75, 3.05) is 12.4 Å². The average molecular weight is 473 g/mol. The molecular formula is C19H18F3N3O4S2. The van der Waals surface area contributed by atoms with E-state index < -0.39 is 38.8 Å². The molecule has 1 heterocycles. The number of hydrogen-bond donors (Lipinski definition) is 3. The number of thioether (sulfide) groups is 1. The van der Waals surface area contributed by atoms with Crippen LogP contribution in [0.15, 0.2) is 52.3 Å². The molecule has 166 valence electrons. The SMILES string of the molecule is CNS(=O)(=O)c1ccc(CNC(=O)CC2Sc3ccc(C(F)(F)F)cc3NC2=O)cc1. The maximum atomic E-state index is 12.8. The third kappa shape index (κ3) is 5.57. The fourth-order valence-corrected chi connectivity index (χ4v) is 4.63. The number of alkyl halides is 3. The Morgan fingerprint density at radius 2 is 1.84 bits per heavy atom. The van der Waals surface area contributed by atoms with Crippen LogP contribution in [0.3, 0.4) is 0 Å². The fraction of sp³-hybridized carbons (Fsp3) is 0.263. The Labute approximate surface area is 180 Å². The summed E-state index contributed by atoms with van der Waals surface area (Å²) in [5.74, 6) is -0.969. The highest BCUT2D eigenvalue weighted by atomic mass is 32.2. The van der Waals surface area contributed by atoms with Gasteiger partial charge in [-0.1, -0.05) is 12.1 Å². The lowest BCUT2D eigenvalue weighted by Gasteiger charge is -2.24. The number of carbonyl (C=O) groups excluding carboxylic acids is 2. The molecule has 0 radical (unpaired) electrons. The second kappa shape index (κ2) is 8.89. The average Bonchev–Trinajstić information content (AvgIpc) is 2.72. The lowest BCUT2D eigenvalue weighted by Crippen LogP contribution is -2.34. The zero-order valence-corrected chi connectivity index (χ0v) is 17.7. The Balaban J connectivity index is 1.58. The van der Waals surface area contributed by atoms with E-state index in [1.165, 1.54) is 25.2 Å². The number of hydrogen-bond acceptors (Lipinski definition) is 5. The van der Waals surface area contributed by atoms with Crippen molar-refractivity contribution in [1.82, 2.24) is 10.0 Å². The van der Waals surface area contributed by atoms with Gasteiger partial charge in [0.1, 0.15) is 0 Å². The Morgan fingerprint density at radius 1 is 1.16 bits per heavy atom. The third-order valence-electron chi connectivity index (χ3n) is 4.49. The summed E-state index contributed by atoms with van der Waals surface area (Å²) < 4.78 is 64.1. The Morgan fingerprint density at radius 3 is 2.45 bits per heavy atom. The van der Waals surface area contributed by atoms with Gasteiger partial charge in [0.15, 0.2) is 0 Å². The third-order valence-corrected chi connectivity index (χ3v) is 7.19. The van der Waals surface area contributed by atoms with Gasteiger partial charge in [-0.3, -0.25) is 9.59 Å². The van der Waals surface area contributed by atoms with E-state index >= 15 is 0 Å². The van der Waals surface area contributed by atoms with Gasteiger partial charge in [-0.25, -0.2) is 13.1 Å². The number of carbonyl (C=O) groups is 2. The highest BCUT2D eigenvalue weighted by Crippen LogP contribution is 2.40. The lowest BCUT2D eigenvalue weighted by atomic mass is 10.1. The van der Waals surface area contributed by atoms with Gasteiger partial charge in [0, 0.05) is 17.9 Å². The Bertz CT molecular complexity index is 1100. The van der Waals surface area contributed by atoms with Crippen molar-refractivity contribution in [2.24, 2.45) is 0 Å². The number of benzene rings is 2. The monoisotopic (exact) mass is 473 g/mol. The quantitative estimate of drug-likeness (QED) is 0.599. The molecule has 1 aliphatic heterocycles. The molecule has 0 saturated carbocycles. The number of sulfonamides is 1. The molecule has 3 N–H and O–H groups in total. The second-order valence-corrected chi connectivity index (χ2v) is 9.77. The van der Waals surface area contributed by atoms with Crippen molar-refractivity contribution in [1.29, 1.82) is 0 Å². The van der Waals surface area contributed by atoms with Crippen molar-refractivity contribution < 1.29 is 31.2 Å². The van der Waals surface area contributed by atoms with Gasteiger partial charge in [-0.05, 0) is 42.9 Å². The predicted molar refractivity (Wildman–Crippen MR) is 109 cm³/mol. The molecule has 2 aromatic rings. The molecule has 3 rings (SSSR count). The van der Waals surface area contributed by atoms with Crippen molar-refractivity contribution in [3.63, 3.8) is 0 Å². The molecule has 2 aromatic carbocycles. The topological polar surface area (TPSA) is 104 Å². The van der Waals surface area contributed by atoms with E-state index in [1.807, 2.05) is 0 Å². The summed E-state index contributed by atoms with van der Waals surface area (Å²) in [6.45, 7) is 0.128. The van der Waals surface area contributed by atoms with Crippen LogP contribution >= 0.6 is 11.8 Å². The van der Waals surface area contributed by atoms with Gasteiger partial charge in [0.05, 0.1) is 21.4 Å². The van der Waals surface area contributed by atoms with E-state index in [-0.39, 0.29) is 23.5 Å². The summed E-state index contributed by atoms with van der Waals surface area (Å²) in [5.41, 5.74) is -0.135. The van der Waals surface area contributed by atoms with Gasteiger partial charge in [0.2, 0.25) is 21.8 Å². The van der Waals surface area contributed by atoms with Crippen molar-refractivity contribution in [3.05, 3.63) is 53.6 Å². The zero-order chi connectivity index (χ0) is 22.8. The van der Waals surface area contributed by atoms with Gasteiger partial charge in [-0.15, -0.1) is 11.8 Å². The van der Waals surface area contributed by atoms with Crippen molar-refractivity contribution in [3.8, 4) is 0 Å². The van der Waals surface area contributed by atoms with E-state index in [9.17, 15) is 31.2 Å². The van der Waals surface area contributed by atoms with Gasteiger partial charge in [0.25, 0.3) is 0 Å². The minimum absolute atomic E-state index is 0.0677. The van der Waals surface area contributed by atoms with E-state index in [0.29, 0.717) is 10.5 Å². The summed E-state index contributed by atoms with van der Waals surface area (Å²) in [6.07, 6.45) is -4.68. The van der Waals surface area contributed by atoms with E-state index in [4.69, 9.17) is 0 Å². The lowest BCUT2D eigenvalue weighted by molar-refractivity contribution is -0.137. The first-order valence-corrected chi connectivity index (χ1v) is 11.3. The van der Waals surface area contributed by atoms with Gasteiger partial charge in [-0.2, -0.15) is 13.2 Å². The van der Waals surface area contributed by atoms with E-state index in [0.717, 1.165) is 23.9 Å². The maximum Gasteiger partial charge on any atom is 0.416 e. The summed E-state index contributed by atoms with van der Waals surface area (Å²) in [6, 6.07) is 9.00. The summed E-state index contributed by atoms with van der Waals surface area (Å²) >= 11 is 1.03. The minimum atomic E-state index is -4.52. The second-order valence-electron chi connectivity index (χ2n) is 6.64. The smallest absolute Gasteiger partial charge is 0.352 e. The number of fused-ring (bicyclic) bond motifs is 1. The van der Waals surface area contributed by atoms with Crippen LogP contribution in [-0.4, -0.2) is 32.5 Å². The fourth-order valence-electron chi connectivity index (χ4n) is 2.81. The maximum absolute atomic E-state index is 12.8. The Kier molecular flexibility index (Phi) is 6.62. The molecule has 1 aliphatic rings. The molecule has 1 unspecified atom stereocenters. The summed E-state index contributed by atoms with van der Waals surface area (Å²) in [5, 5.41) is 4.29. The molecule has 2 amide bonds. The number of amides is 2. The number of rotatable bonds is 6. The van der Waals surface area contributed by atoms with Crippen LogP contribution in [0, 0.1) is 0 Å². The number of anilines is 1. The Hall–Kier alpha value is -2.57.